The third kappa shape index (κ3) is 19.7. The first-order chi connectivity index (χ1) is 28.8. The summed E-state index contributed by atoms with van der Waals surface area (Å²) in [6.07, 6.45) is 3.34. The van der Waals surface area contributed by atoms with Crippen LogP contribution < -0.4 is 20.4 Å². The number of rotatable bonds is 4. The fraction of sp³-hybridized carbons (Fsp3) is 0. The van der Waals surface area contributed by atoms with Crippen LogP contribution in [0, 0.1) is 12.1 Å². The molecule has 2 radical (unpaired) electrons. The van der Waals surface area contributed by atoms with Crippen molar-refractivity contribution >= 4 is 92.1 Å². The molecule has 0 fully saturated rings. The summed E-state index contributed by atoms with van der Waals surface area (Å²) >= 11 is 23.4. The number of carboxylic acid groups (broad SMARTS) is 4. The minimum Gasteiger partial charge on any atom is -0.547 e. The van der Waals surface area contributed by atoms with Gasteiger partial charge in [0.1, 0.15) is 0 Å². The minimum atomic E-state index is -1.15. The zero-order chi connectivity index (χ0) is 43.9. The van der Waals surface area contributed by atoms with Crippen LogP contribution in [0.15, 0.2) is 170 Å². The Hall–Kier alpha value is -5.78. The number of aromatic carboxylic acids is 4. The van der Waals surface area contributed by atoms with Gasteiger partial charge in [0, 0.05) is 45.2 Å². The molecule has 0 N–H and O–H groups in total. The maximum absolute atomic E-state index is 10.1. The van der Waals surface area contributed by atoms with Crippen molar-refractivity contribution in [1.29, 1.82) is 0 Å². The van der Waals surface area contributed by atoms with Gasteiger partial charge in [0.15, 0.2) is 0 Å². The Labute approximate surface area is 400 Å². The van der Waals surface area contributed by atoms with E-state index in [-0.39, 0.29) is 59.2 Å². The van der Waals surface area contributed by atoms with Crippen LogP contribution in [-0.2, 0) is 34.1 Å². The van der Waals surface area contributed by atoms with Gasteiger partial charge in [-0.3, -0.25) is 9.97 Å². The van der Waals surface area contributed by atoms with Crippen molar-refractivity contribution in [3.05, 3.63) is 225 Å². The number of fused-ring (bicyclic) bond motifs is 2. The molecule has 8 rings (SSSR count). The number of aromatic nitrogens is 2. The second-order valence-electron chi connectivity index (χ2n) is 11.4. The van der Waals surface area contributed by atoms with E-state index in [1.807, 2.05) is 12.1 Å². The third-order valence-electron chi connectivity index (χ3n) is 7.23. The van der Waals surface area contributed by atoms with Crippen molar-refractivity contribution in [3.63, 3.8) is 0 Å². The molecule has 0 aliphatic rings. The van der Waals surface area contributed by atoms with Crippen LogP contribution in [0.2, 0.25) is 20.1 Å². The average molecular weight is 1010 g/mol. The zero-order valence-corrected chi connectivity index (χ0v) is 36.3. The fourth-order valence-electron chi connectivity index (χ4n) is 4.37. The van der Waals surface area contributed by atoms with Crippen LogP contribution >= 0.6 is 46.4 Å². The van der Waals surface area contributed by atoms with E-state index in [2.05, 4.69) is 22.1 Å². The van der Waals surface area contributed by atoms with Gasteiger partial charge in [-0.2, -0.15) is 60.7 Å². The Balaban J connectivity index is 0. The molecule has 16 heteroatoms. The number of pyridine rings is 2. The van der Waals surface area contributed by atoms with Crippen molar-refractivity contribution in [2.24, 2.45) is 0 Å². The van der Waals surface area contributed by atoms with E-state index in [1.54, 1.807) is 85.2 Å². The molecular formula is C46H30Cl4Cu2N2O8. The Kier molecular flexibility index (Phi) is 25.8. The number of hydrogen-bond acceptors (Lipinski definition) is 10. The molecule has 0 aliphatic carbocycles. The molecule has 8 aromatic rings. The van der Waals surface area contributed by atoms with Gasteiger partial charge in [-0.25, -0.2) is 0 Å². The summed E-state index contributed by atoms with van der Waals surface area (Å²) in [6.45, 7) is 0. The molecule has 0 aliphatic heterocycles. The molecule has 2 heterocycles. The van der Waals surface area contributed by atoms with Gasteiger partial charge in [-0.05, 0) is 59.7 Å². The smallest absolute Gasteiger partial charge is 0.547 e. The van der Waals surface area contributed by atoms with Crippen LogP contribution in [0.1, 0.15) is 44.3 Å². The maximum Gasteiger partial charge on any atom is 2.00 e. The number of hydrogen-bond donors (Lipinski definition) is 0. The summed E-state index contributed by atoms with van der Waals surface area (Å²) in [5.74, 6) is -4.56. The summed E-state index contributed by atoms with van der Waals surface area (Å²) in [4.78, 5) is 48.6. The van der Waals surface area contributed by atoms with E-state index >= 15 is 0 Å². The van der Waals surface area contributed by atoms with Gasteiger partial charge < -0.3 is 39.6 Å². The Morgan fingerprint density at radius 1 is 0.419 bits per heavy atom. The molecule has 0 atom stereocenters. The van der Waals surface area contributed by atoms with Crippen molar-refractivity contribution in [2.75, 3.05) is 0 Å². The van der Waals surface area contributed by atoms with E-state index in [0.717, 1.165) is 21.8 Å². The predicted octanol–water partition coefficient (Wildman–Crippen LogP) is 7.10. The first-order valence-electron chi connectivity index (χ1n) is 17.0. The van der Waals surface area contributed by atoms with Gasteiger partial charge >= 0.3 is 37.0 Å². The Bertz CT molecular complexity index is 2350. The molecule has 2 aromatic heterocycles. The topological polar surface area (TPSA) is 186 Å². The number of carboxylic acids is 4. The number of carbonyl (C=O) groups is 4. The fourth-order valence-corrected chi connectivity index (χ4v) is 5.13. The van der Waals surface area contributed by atoms with E-state index in [1.165, 1.54) is 72.8 Å². The second kappa shape index (κ2) is 29.5. The molecule has 0 unspecified atom stereocenters. The second-order valence-corrected chi connectivity index (χ2v) is 13.1. The Morgan fingerprint density at radius 2 is 0.710 bits per heavy atom. The van der Waals surface area contributed by atoms with Gasteiger partial charge in [0.25, 0.3) is 0 Å². The first-order valence-corrected chi connectivity index (χ1v) is 18.5. The predicted molar refractivity (Wildman–Crippen MR) is 227 cm³/mol. The third-order valence-corrected chi connectivity index (χ3v) is 8.36. The molecule has 0 spiro atoms. The van der Waals surface area contributed by atoms with Crippen LogP contribution in [0.25, 0.3) is 21.8 Å². The first kappa shape index (κ1) is 54.2. The van der Waals surface area contributed by atoms with E-state index in [9.17, 15) is 39.6 Å². The van der Waals surface area contributed by atoms with Crippen LogP contribution in [0.3, 0.4) is 0 Å². The van der Waals surface area contributed by atoms with Crippen LogP contribution in [-0.4, -0.2) is 33.8 Å². The molecule has 0 saturated heterocycles. The van der Waals surface area contributed by atoms with E-state index in [0.29, 0.717) is 20.1 Å². The number of halogens is 4. The number of carbonyl (C=O) groups excluding carboxylic acids is 4. The average Bonchev–Trinajstić information content (AvgIpc) is 3.26. The standard InChI is InChI=1S/2C9H5Cl2N.2C7H6O2.2C7H5O2.2Cu/c2*10-6-1-2-7-8(11)3-4-12-9(7)5-6;4*8-7(9)6-4-2-1-3-5-6;;/h2*1-5H;2*1-5H,(H,8,9);2*2-5H,(H,8,9);;/q;;;;2*-1;2*+2/p-2. The quantitative estimate of drug-likeness (QED) is 0.130. The van der Waals surface area contributed by atoms with Gasteiger partial charge in [0.05, 0.1) is 33.0 Å². The van der Waals surface area contributed by atoms with Gasteiger partial charge in [-0.15, -0.1) is 11.1 Å². The summed E-state index contributed by atoms with van der Waals surface area (Å²) in [5.41, 5.74) is 2.47. The van der Waals surface area contributed by atoms with E-state index < -0.39 is 23.9 Å². The van der Waals surface area contributed by atoms with Crippen molar-refractivity contribution in [1.82, 2.24) is 9.97 Å². The summed E-state index contributed by atoms with van der Waals surface area (Å²) in [7, 11) is 0. The molecule has 6 aromatic carbocycles. The van der Waals surface area contributed by atoms with Gasteiger partial charge in [0.2, 0.25) is 0 Å². The van der Waals surface area contributed by atoms with Gasteiger partial charge in [-0.1, -0.05) is 107 Å². The van der Waals surface area contributed by atoms with Crippen molar-refractivity contribution < 1.29 is 76.6 Å². The molecule has 0 amide bonds. The summed E-state index contributed by atoms with van der Waals surface area (Å²) < 4.78 is 0. The SMILES string of the molecule is Clc1ccc2c(Cl)ccnc2c1.Clc1ccc2c(Cl)ccnc2c1.O=C([O-])c1cc[c-]cc1.O=C([O-])c1cc[c-]cc1.O=C([O-])c1ccccc1.O=C([O-])c1ccccc1.[Cu+2].[Cu+2].[H+].[H+]. The van der Waals surface area contributed by atoms with Crippen LogP contribution in [0.5, 0.6) is 0 Å². The molecular weight excluding hydrogens is 977 g/mol. The Morgan fingerprint density at radius 3 is 0.968 bits per heavy atom. The van der Waals surface area contributed by atoms with Crippen LogP contribution in [0.4, 0.5) is 0 Å². The summed E-state index contributed by atoms with van der Waals surface area (Å²) in [6, 6.07) is 47.9. The van der Waals surface area contributed by atoms with Crippen molar-refractivity contribution in [2.45, 2.75) is 0 Å². The molecule has 62 heavy (non-hydrogen) atoms. The number of benzene rings is 6. The van der Waals surface area contributed by atoms with E-state index in [4.69, 9.17) is 46.4 Å². The van der Waals surface area contributed by atoms with Crippen molar-refractivity contribution in [3.8, 4) is 0 Å². The molecule has 322 valence electrons. The summed E-state index contributed by atoms with van der Waals surface area (Å²) in [5, 5.41) is 45.0. The number of nitrogens with zero attached hydrogens (tertiary/aromatic N) is 2. The molecule has 0 bridgehead atoms. The maximum atomic E-state index is 10.1. The zero-order valence-electron chi connectivity index (χ0n) is 33.4. The normalized spacial score (nSPS) is 9.23. The largest absolute Gasteiger partial charge is 2.00 e. The molecule has 10 nitrogen and oxygen atoms in total. The monoisotopic (exact) mass is 1000 g/mol. The molecule has 0 saturated carbocycles. The minimum absolute atomic E-state index is 0.